The molecule has 0 aliphatic heterocycles. The summed E-state index contributed by atoms with van der Waals surface area (Å²) in [6.45, 7) is 3.22. The van der Waals surface area contributed by atoms with Gasteiger partial charge < -0.3 is 19.9 Å². The minimum Gasteiger partial charge on any atom is -0.493 e. The fraction of sp³-hybridized carbons (Fsp3) is 0.385. The van der Waals surface area contributed by atoms with E-state index in [-0.39, 0.29) is 23.7 Å². The van der Waals surface area contributed by atoms with E-state index in [1.807, 2.05) is 0 Å². The smallest absolute Gasteiger partial charge is 0.346 e. The summed E-state index contributed by atoms with van der Waals surface area (Å²) in [7, 11) is 1.32. The van der Waals surface area contributed by atoms with Crippen molar-refractivity contribution in [3.05, 3.63) is 27.8 Å². The van der Waals surface area contributed by atoms with Crippen LogP contribution < -0.4 is 15.2 Å². The molecule has 9 heteroatoms. The third kappa shape index (κ3) is 3.84. The molecular weight excluding hydrogens is 296 g/mol. The average Bonchev–Trinajstić information content (AvgIpc) is 2.46. The molecule has 0 radical (unpaired) electrons. The van der Waals surface area contributed by atoms with E-state index >= 15 is 0 Å². The van der Waals surface area contributed by atoms with Gasteiger partial charge in [0.05, 0.1) is 24.7 Å². The van der Waals surface area contributed by atoms with Gasteiger partial charge in [0.25, 0.3) is 11.6 Å². The zero-order valence-corrected chi connectivity index (χ0v) is 12.3. The lowest BCUT2D eigenvalue weighted by atomic mass is 10.1. The normalized spacial score (nSPS) is 11.4. The second-order valence-corrected chi connectivity index (χ2v) is 4.16. The molecule has 120 valence electrons. The highest BCUT2D eigenvalue weighted by molar-refractivity contribution is 5.96. The van der Waals surface area contributed by atoms with Crippen LogP contribution in [0.3, 0.4) is 0 Å². The fourth-order valence-electron chi connectivity index (χ4n) is 1.57. The van der Waals surface area contributed by atoms with Crippen LogP contribution in [0.15, 0.2) is 12.1 Å². The van der Waals surface area contributed by atoms with Gasteiger partial charge in [0.1, 0.15) is 5.56 Å². The molecule has 0 heterocycles. The molecule has 1 aromatic carbocycles. The van der Waals surface area contributed by atoms with Gasteiger partial charge in [0, 0.05) is 6.07 Å². The molecular formula is C13H16N2O7. The Labute approximate surface area is 126 Å². The Bertz CT molecular complexity index is 600. The molecule has 0 unspecified atom stereocenters. The number of amides is 1. The number of carbonyl (C=O) groups excluding carboxylic acids is 2. The average molecular weight is 312 g/mol. The van der Waals surface area contributed by atoms with Crippen molar-refractivity contribution in [1.29, 1.82) is 0 Å². The number of nitrogens with zero attached hydrogens (tertiary/aromatic N) is 1. The lowest BCUT2D eigenvalue weighted by Crippen LogP contribution is -2.30. The Kier molecular flexibility index (Phi) is 5.67. The van der Waals surface area contributed by atoms with Gasteiger partial charge in [-0.1, -0.05) is 0 Å². The van der Waals surface area contributed by atoms with Crippen molar-refractivity contribution >= 4 is 17.6 Å². The number of hydrogen-bond donors (Lipinski definition) is 1. The molecule has 2 N–H and O–H groups in total. The summed E-state index contributed by atoms with van der Waals surface area (Å²) >= 11 is 0. The van der Waals surface area contributed by atoms with E-state index in [0.717, 1.165) is 12.1 Å². The van der Waals surface area contributed by atoms with Crippen LogP contribution in [-0.4, -0.2) is 36.6 Å². The molecule has 0 aliphatic carbocycles. The summed E-state index contributed by atoms with van der Waals surface area (Å²) in [6, 6.07) is 2.19. The maximum atomic E-state index is 12.0. The molecule has 1 atom stereocenters. The number of carbonyl (C=O) groups is 2. The van der Waals surface area contributed by atoms with E-state index in [2.05, 4.69) is 0 Å². The van der Waals surface area contributed by atoms with Gasteiger partial charge >= 0.3 is 5.97 Å². The van der Waals surface area contributed by atoms with Gasteiger partial charge in [0.15, 0.2) is 17.6 Å². The van der Waals surface area contributed by atoms with E-state index in [9.17, 15) is 19.7 Å². The van der Waals surface area contributed by atoms with Gasteiger partial charge in [-0.2, -0.15) is 0 Å². The molecule has 0 spiro atoms. The van der Waals surface area contributed by atoms with Gasteiger partial charge in [-0.15, -0.1) is 0 Å². The van der Waals surface area contributed by atoms with E-state index in [1.54, 1.807) is 6.92 Å². The van der Waals surface area contributed by atoms with Gasteiger partial charge in [0.2, 0.25) is 0 Å². The third-order valence-corrected chi connectivity index (χ3v) is 2.68. The van der Waals surface area contributed by atoms with Crippen LogP contribution in [-0.2, 0) is 9.53 Å². The molecule has 9 nitrogen and oxygen atoms in total. The number of esters is 1. The number of hydrogen-bond acceptors (Lipinski definition) is 7. The number of methoxy groups -OCH3 is 1. The number of rotatable bonds is 7. The second kappa shape index (κ2) is 7.25. The summed E-state index contributed by atoms with van der Waals surface area (Å²) in [5.41, 5.74) is 4.10. The summed E-state index contributed by atoms with van der Waals surface area (Å²) in [6.07, 6.45) is -1.22. The number of primary amides is 1. The Morgan fingerprint density at radius 1 is 1.36 bits per heavy atom. The van der Waals surface area contributed by atoms with Gasteiger partial charge in [-0.3, -0.25) is 14.9 Å². The number of benzene rings is 1. The van der Waals surface area contributed by atoms with Crippen LogP contribution in [0, 0.1) is 10.1 Å². The van der Waals surface area contributed by atoms with Crippen molar-refractivity contribution in [2.24, 2.45) is 5.73 Å². The first-order chi connectivity index (χ1) is 10.3. The van der Waals surface area contributed by atoms with E-state index in [0.29, 0.717) is 0 Å². The van der Waals surface area contributed by atoms with E-state index < -0.39 is 28.6 Å². The van der Waals surface area contributed by atoms with Crippen molar-refractivity contribution in [2.75, 3.05) is 13.7 Å². The molecule has 1 rings (SSSR count). The lowest BCUT2D eigenvalue weighted by molar-refractivity contribution is -0.385. The zero-order valence-electron chi connectivity index (χ0n) is 12.3. The van der Waals surface area contributed by atoms with Crippen molar-refractivity contribution < 1.29 is 28.7 Å². The van der Waals surface area contributed by atoms with Crippen LogP contribution in [0.4, 0.5) is 5.69 Å². The molecule has 0 fully saturated rings. The molecule has 1 aromatic rings. The first-order valence-electron chi connectivity index (χ1n) is 6.31. The predicted molar refractivity (Wildman–Crippen MR) is 74.9 cm³/mol. The predicted octanol–water partition coefficient (Wildman–Crippen LogP) is 1.03. The van der Waals surface area contributed by atoms with Crippen molar-refractivity contribution in [2.45, 2.75) is 20.0 Å². The van der Waals surface area contributed by atoms with E-state index in [1.165, 1.54) is 14.0 Å². The highest BCUT2D eigenvalue weighted by atomic mass is 16.6. The summed E-state index contributed by atoms with van der Waals surface area (Å²) < 4.78 is 15.0. The van der Waals surface area contributed by atoms with Crippen molar-refractivity contribution in [3.63, 3.8) is 0 Å². The minimum absolute atomic E-state index is 0.121. The molecule has 0 saturated carbocycles. The first-order valence-corrected chi connectivity index (χ1v) is 6.31. The summed E-state index contributed by atoms with van der Waals surface area (Å²) in [4.78, 5) is 33.3. The van der Waals surface area contributed by atoms with Gasteiger partial charge in [-0.25, -0.2) is 4.79 Å². The van der Waals surface area contributed by atoms with Crippen LogP contribution in [0.5, 0.6) is 11.5 Å². The van der Waals surface area contributed by atoms with Crippen LogP contribution in [0.2, 0.25) is 0 Å². The molecule has 0 aromatic heterocycles. The van der Waals surface area contributed by atoms with Crippen LogP contribution in [0.1, 0.15) is 24.2 Å². The monoisotopic (exact) mass is 312 g/mol. The third-order valence-electron chi connectivity index (χ3n) is 2.68. The lowest BCUT2D eigenvalue weighted by Gasteiger charge is -2.13. The van der Waals surface area contributed by atoms with Gasteiger partial charge in [-0.05, 0) is 13.8 Å². The molecule has 0 bridgehead atoms. The Balaban J connectivity index is 3.29. The zero-order chi connectivity index (χ0) is 16.9. The van der Waals surface area contributed by atoms with Crippen LogP contribution in [0.25, 0.3) is 0 Å². The van der Waals surface area contributed by atoms with Crippen molar-refractivity contribution in [3.8, 4) is 11.5 Å². The minimum atomic E-state index is -1.22. The number of nitro benzene ring substituents is 1. The Hall–Kier alpha value is -2.84. The van der Waals surface area contributed by atoms with Crippen LogP contribution >= 0.6 is 0 Å². The van der Waals surface area contributed by atoms with Crippen molar-refractivity contribution in [1.82, 2.24) is 0 Å². The maximum Gasteiger partial charge on any atom is 0.346 e. The summed E-state index contributed by atoms with van der Waals surface area (Å²) in [5, 5.41) is 11.1. The molecule has 0 aliphatic rings. The molecule has 0 saturated heterocycles. The Morgan fingerprint density at radius 3 is 2.45 bits per heavy atom. The van der Waals surface area contributed by atoms with E-state index in [4.69, 9.17) is 19.9 Å². The number of ether oxygens (including phenoxy) is 3. The standard InChI is InChI=1S/C13H16N2O7/c1-4-21-11-6-9(15(18)19)8(5-10(11)20-3)13(17)22-7(2)12(14)16/h5-7H,4H2,1-3H3,(H2,14,16)/t7-/m0/s1. The first kappa shape index (κ1) is 17.2. The molecule has 22 heavy (non-hydrogen) atoms. The largest absolute Gasteiger partial charge is 0.493 e. The summed E-state index contributed by atoms with van der Waals surface area (Å²) in [5.74, 6) is -1.67. The second-order valence-electron chi connectivity index (χ2n) is 4.16. The number of nitro groups is 1. The highest BCUT2D eigenvalue weighted by Crippen LogP contribution is 2.35. The topological polar surface area (TPSA) is 131 Å². The Morgan fingerprint density at radius 2 is 2.00 bits per heavy atom. The number of nitrogens with two attached hydrogens (primary N) is 1. The quantitative estimate of drug-likeness (QED) is 0.452. The fourth-order valence-corrected chi connectivity index (χ4v) is 1.57. The SMILES string of the molecule is CCOc1cc([N+](=O)[O-])c(C(=O)O[C@@H](C)C(N)=O)cc1OC. The molecule has 1 amide bonds. The maximum absolute atomic E-state index is 12.0. The highest BCUT2D eigenvalue weighted by Gasteiger charge is 2.27.